The topological polar surface area (TPSA) is 75.3 Å². The predicted molar refractivity (Wildman–Crippen MR) is 100 cm³/mol. The van der Waals surface area contributed by atoms with Crippen molar-refractivity contribution in [1.82, 2.24) is 10.0 Å². The van der Waals surface area contributed by atoms with Gasteiger partial charge in [-0.3, -0.25) is 4.79 Å². The number of rotatable bonds is 8. The Hall–Kier alpha value is -1.66. The second-order valence-corrected chi connectivity index (χ2v) is 8.28. The van der Waals surface area contributed by atoms with Crippen LogP contribution < -0.4 is 10.0 Å². The van der Waals surface area contributed by atoms with E-state index in [0.717, 1.165) is 25.7 Å². The Labute approximate surface area is 151 Å². The maximum atomic E-state index is 12.2. The van der Waals surface area contributed by atoms with E-state index in [1.54, 1.807) is 12.1 Å². The zero-order chi connectivity index (χ0) is 18.3. The third-order valence-corrected chi connectivity index (χ3v) is 6.12. The van der Waals surface area contributed by atoms with Crippen LogP contribution in [0.2, 0.25) is 0 Å². The van der Waals surface area contributed by atoms with Gasteiger partial charge in [-0.1, -0.05) is 18.6 Å². The van der Waals surface area contributed by atoms with Crippen molar-refractivity contribution in [3.8, 4) is 0 Å². The summed E-state index contributed by atoms with van der Waals surface area (Å²) in [6.45, 7) is 4.35. The number of nitrogens with one attached hydrogen (secondary N) is 2. The Kier molecular flexibility index (Phi) is 7.20. The van der Waals surface area contributed by atoms with Gasteiger partial charge in [0.2, 0.25) is 10.0 Å². The minimum atomic E-state index is -3.53. The van der Waals surface area contributed by atoms with Gasteiger partial charge in [-0.15, -0.1) is 0 Å². The molecule has 0 aliphatic heterocycles. The molecule has 0 fully saturated rings. The van der Waals surface area contributed by atoms with Gasteiger partial charge in [-0.05, 0) is 69.7 Å². The summed E-state index contributed by atoms with van der Waals surface area (Å²) < 4.78 is 27.0. The summed E-state index contributed by atoms with van der Waals surface area (Å²) in [6, 6.07) is 5.94. The number of sulfonamides is 1. The molecule has 5 nitrogen and oxygen atoms in total. The van der Waals surface area contributed by atoms with Gasteiger partial charge in [0, 0.05) is 18.2 Å². The average molecular weight is 365 g/mol. The van der Waals surface area contributed by atoms with Crippen LogP contribution in [0.3, 0.4) is 0 Å². The molecule has 1 aliphatic rings. The number of hydrogen-bond donors (Lipinski definition) is 2. The number of carbonyl (C=O) groups is 1. The Morgan fingerprint density at radius 1 is 1.20 bits per heavy atom. The zero-order valence-corrected chi connectivity index (χ0v) is 15.9. The van der Waals surface area contributed by atoms with Gasteiger partial charge in [0.05, 0.1) is 4.90 Å². The molecule has 1 aromatic carbocycles. The Morgan fingerprint density at radius 3 is 2.52 bits per heavy atom. The molecule has 2 rings (SSSR count). The summed E-state index contributed by atoms with van der Waals surface area (Å²) in [5.41, 5.74) is 1.89. The highest BCUT2D eigenvalue weighted by Crippen LogP contribution is 2.19. The monoisotopic (exact) mass is 364 g/mol. The van der Waals surface area contributed by atoms with Crippen molar-refractivity contribution < 1.29 is 13.2 Å². The van der Waals surface area contributed by atoms with Gasteiger partial charge in [-0.25, -0.2) is 13.1 Å². The molecule has 6 heteroatoms. The Morgan fingerprint density at radius 2 is 1.92 bits per heavy atom. The molecule has 1 unspecified atom stereocenters. The Bertz CT molecular complexity index is 709. The molecule has 1 atom stereocenters. The van der Waals surface area contributed by atoms with E-state index in [4.69, 9.17) is 0 Å². The quantitative estimate of drug-likeness (QED) is 0.694. The minimum absolute atomic E-state index is 0.123. The lowest BCUT2D eigenvalue weighted by atomic mass is 9.97. The lowest BCUT2D eigenvalue weighted by Gasteiger charge is -2.13. The highest BCUT2D eigenvalue weighted by molar-refractivity contribution is 7.89. The van der Waals surface area contributed by atoms with Crippen molar-refractivity contribution in [3.05, 3.63) is 41.5 Å². The third-order valence-electron chi connectivity index (χ3n) is 4.51. The van der Waals surface area contributed by atoms with E-state index in [1.807, 2.05) is 13.8 Å². The standard InChI is InChI=1S/C19H28N2O3S/c1-3-15(2)21-25(23,24)18-11-9-17(10-12-18)19(22)20-14-13-16-7-5-4-6-8-16/h7,9-12,15,21H,3-6,8,13-14H2,1-2H3,(H,20,22). The molecule has 0 aromatic heterocycles. The van der Waals surface area contributed by atoms with Gasteiger partial charge < -0.3 is 5.32 Å². The number of carbonyl (C=O) groups excluding carboxylic acids is 1. The number of hydrogen-bond acceptors (Lipinski definition) is 3. The van der Waals surface area contributed by atoms with E-state index in [1.165, 1.54) is 30.5 Å². The fraction of sp³-hybridized carbons (Fsp3) is 0.526. The first kappa shape index (κ1) is 19.7. The van der Waals surface area contributed by atoms with Crippen LogP contribution in [0.25, 0.3) is 0 Å². The van der Waals surface area contributed by atoms with Gasteiger partial charge in [0.1, 0.15) is 0 Å². The molecule has 0 saturated carbocycles. The van der Waals surface area contributed by atoms with Crippen LogP contribution in [0.5, 0.6) is 0 Å². The first-order chi connectivity index (χ1) is 11.9. The van der Waals surface area contributed by atoms with Crippen molar-refractivity contribution in [2.24, 2.45) is 0 Å². The maximum Gasteiger partial charge on any atom is 0.251 e. The minimum Gasteiger partial charge on any atom is -0.352 e. The zero-order valence-electron chi connectivity index (χ0n) is 15.0. The molecule has 138 valence electrons. The summed E-state index contributed by atoms with van der Waals surface area (Å²) in [5.74, 6) is -0.171. The van der Waals surface area contributed by atoms with E-state index in [0.29, 0.717) is 12.1 Å². The first-order valence-corrected chi connectivity index (χ1v) is 10.5. The molecule has 0 bridgehead atoms. The van der Waals surface area contributed by atoms with Crippen molar-refractivity contribution in [2.75, 3.05) is 6.54 Å². The second kappa shape index (κ2) is 9.15. The summed E-state index contributed by atoms with van der Waals surface area (Å²) in [4.78, 5) is 12.4. The van der Waals surface area contributed by atoms with Crippen LogP contribution in [-0.4, -0.2) is 26.9 Å². The van der Waals surface area contributed by atoms with Crippen molar-refractivity contribution in [2.45, 2.75) is 63.3 Å². The van der Waals surface area contributed by atoms with Crippen LogP contribution >= 0.6 is 0 Å². The molecule has 2 N–H and O–H groups in total. The summed E-state index contributed by atoms with van der Waals surface area (Å²) >= 11 is 0. The molecule has 0 saturated heterocycles. The molecule has 1 amide bonds. The molecule has 1 aliphatic carbocycles. The van der Waals surface area contributed by atoms with Gasteiger partial charge in [0.25, 0.3) is 5.91 Å². The largest absolute Gasteiger partial charge is 0.352 e. The lowest BCUT2D eigenvalue weighted by Crippen LogP contribution is -2.32. The van der Waals surface area contributed by atoms with Gasteiger partial charge in [-0.2, -0.15) is 0 Å². The lowest BCUT2D eigenvalue weighted by molar-refractivity contribution is 0.0954. The van der Waals surface area contributed by atoms with Crippen LogP contribution in [0.15, 0.2) is 40.8 Å². The number of allylic oxidation sites excluding steroid dienone is 1. The van der Waals surface area contributed by atoms with E-state index in [-0.39, 0.29) is 16.8 Å². The van der Waals surface area contributed by atoms with Crippen LogP contribution in [0, 0.1) is 0 Å². The SMILES string of the molecule is CCC(C)NS(=O)(=O)c1ccc(C(=O)NCCC2=CCCCC2)cc1. The highest BCUT2D eigenvalue weighted by Gasteiger charge is 2.17. The van der Waals surface area contributed by atoms with Gasteiger partial charge in [0.15, 0.2) is 0 Å². The number of benzene rings is 1. The van der Waals surface area contributed by atoms with Crippen LogP contribution in [-0.2, 0) is 10.0 Å². The van der Waals surface area contributed by atoms with E-state index >= 15 is 0 Å². The molecule has 0 spiro atoms. The van der Waals surface area contributed by atoms with Gasteiger partial charge >= 0.3 is 0 Å². The van der Waals surface area contributed by atoms with E-state index < -0.39 is 10.0 Å². The number of amides is 1. The molecule has 1 aromatic rings. The summed E-state index contributed by atoms with van der Waals surface area (Å²) in [6.07, 6.45) is 8.65. The molecule has 0 radical (unpaired) electrons. The smallest absolute Gasteiger partial charge is 0.251 e. The summed E-state index contributed by atoms with van der Waals surface area (Å²) in [7, 11) is -3.53. The van der Waals surface area contributed by atoms with Crippen molar-refractivity contribution in [1.29, 1.82) is 0 Å². The van der Waals surface area contributed by atoms with Crippen molar-refractivity contribution >= 4 is 15.9 Å². The van der Waals surface area contributed by atoms with Crippen molar-refractivity contribution in [3.63, 3.8) is 0 Å². The highest BCUT2D eigenvalue weighted by atomic mass is 32.2. The average Bonchev–Trinajstić information content (AvgIpc) is 2.62. The van der Waals surface area contributed by atoms with Crippen LogP contribution in [0.1, 0.15) is 62.7 Å². The van der Waals surface area contributed by atoms with E-state index in [2.05, 4.69) is 16.1 Å². The fourth-order valence-electron chi connectivity index (χ4n) is 2.77. The molecule has 25 heavy (non-hydrogen) atoms. The maximum absolute atomic E-state index is 12.2. The molecule has 0 heterocycles. The second-order valence-electron chi connectivity index (χ2n) is 6.57. The summed E-state index contributed by atoms with van der Waals surface area (Å²) in [5, 5.41) is 2.90. The predicted octanol–water partition coefficient (Wildman–Crippen LogP) is 3.38. The van der Waals surface area contributed by atoms with E-state index in [9.17, 15) is 13.2 Å². The molecular weight excluding hydrogens is 336 g/mol. The molecular formula is C19H28N2O3S. The third kappa shape index (κ3) is 5.97. The Balaban J connectivity index is 1.90. The normalized spacial score (nSPS) is 16.2. The first-order valence-electron chi connectivity index (χ1n) is 9.01. The fourth-order valence-corrected chi connectivity index (χ4v) is 4.10. The van der Waals surface area contributed by atoms with Crippen LogP contribution in [0.4, 0.5) is 0 Å².